The van der Waals surface area contributed by atoms with Gasteiger partial charge in [-0.05, 0) is 88.9 Å². The molecule has 0 spiro atoms. The molecule has 73 heavy (non-hydrogen) atoms. The van der Waals surface area contributed by atoms with Gasteiger partial charge in [-0.1, -0.05) is 198 Å². The molecule has 0 radical (unpaired) electrons. The van der Waals surface area contributed by atoms with Gasteiger partial charge in [0.05, 0.1) is 20.1 Å². The molecule has 0 amide bonds. The Labute approximate surface area is 430 Å². The summed E-state index contributed by atoms with van der Waals surface area (Å²) >= 11 is 0. The molecule has 2 atom stereocenters. The van der Waals surface area contributed by atoms with E-state index in [0.717, 1.165) is 115 Å². The van der Waals surface area contributed by atoms with Crippen LogP contribution >= 0.6 is 0 Å². The molecule has 4 nitrogen and oxygen atoms in total. The molecule has 0 N–H and O–H groups in total. The molecule has 2 aliphatic rings. The zero-order chi connectivity index (χ0) is 49.5. The van der Waals surface area contributed by atoms with Gasteiger partial charge in [-0.25, -0.2) is 0 Å². The topological polar surface area (TPSA) is 25.8 Å². The number of aromatic nitrogens is 3. The summed E-state index contributed by atoms with van der Waals surface area (Å²) < 4.78 is 15.2. The predicted octanol–water partition coefficient (Wildman–Crippen LogP) is 16.3. The van der Waals surface area contributed by atoms with E-state index in [-0.39, 0.29) is 12.0 Å². The summed E-state index contributed by atoms with van der Waals surface area (Å²) in [6.45, 7) is 17.6. The quantitative estimate of drug-likeness (QED) is 0.115. The van der Waals surface area contributed by atoms with E-state index in [1.54, 1.807) is 5.19 Å². The van der Waals surface area contributed by atoms with Crippen molar-refractivity contribution in [2.75, 3.05) is 0 Å². The number of furan rings is 1. The number of pyridine rings is 1. The van der Waals surface area contributed by atoms with Crippen LogP contribution in [0.3, 0.4) is 0 Å². The molecular formula is C68H61N3OSi+2. The first-order valence-electron chi connectivity index (χ1n) is 26.3. The van der Waals surface area contributed by atoms with Crippen LogP contribution in [0, 0.1) is 5.92 Å². The lowest BCUT2D eigenvalue weighted by Gasteiger charge is -2.33. The maximum atomic E-state index is 7.35. The van der Waals surface area contributed by atoms with Crippen LogP contribution in [0.5, 0.6) is 0 Å². The van der Waals surface area contributed by atoms with E-state index in [2.05, 4.69) is 248 Å². The Bertz CT molecular complexity index is 3890. The average Bonchev–Trinajstić information content (AvgIpc) is 3.97. The molecule has 5 heterocycles. The van der Waals surface area contributed by atoms with Crippen molar-refractivity contribution in [3.63, 3.8) is 0 Å². The molecule has 356 valence electrons. The Hall–Kier alpha value is -7.86. The van der Waals surface area contributed by atoms with Crippen LogP contribution in [0.1, 0.15) is 55.3 Å². The number of aryl methyl sites for hydroxylation is 1. The van der Waals surface area contributed by atoms with Crippen LogP contribution in [0.4, 0.5) is 0 Å². The lowest BCUT2D eigenvalue weighted by Crippen LogP contribution is -2.54. The van der Waals surface area contributed by atoms with E-state index < -0.39 is 8.07 Å². The van der Waals surface area contributed by atoms with Gasteiger partial charge in [0.1, 0.15) is 22.6 Å². The van der Waals surface area contributed by atoms with E-state index in [9.17, 15) is 0 Å². The summed E-state index contributed by atoms with van der Waals surface area (Å²) in [7, 11) is -1.80. The highest BCUT2D eigenvalue weighted by Crippen LogP contribution is 2.50. The monoisotopic (exact) mass is 963 g/mol. The second-order valence-corrected chi connectivity index (χ2v) is 27.0. The second kappa shape index (κ2) is 17.7. The molecule has 0 saturated carbocycles. The molecule has 0 aliphatic carbocycles. The Morgan fingerprint density at radius 3 is 1.93 bits per heavy atom. The van der Waals surface area contributed by atoms with Gasteiger partial charge in [0.25, 0.3) is 5.82 Å². The van der Waals surface area contributed by atoms with Gasteiger partial charge in [-0.2, -0.15) is 13.7 Å². The summed E-state index contributed by atoms with van der Waals surface area (Å²) in [6, 6.07) is 71.8. The van der Waals surface area contributed by atoms with Gasteiger partial charge >= 0.3 is 0 Å². The fraction of sp³-hybridized carbons (Fsp3) is 0.176. The minimum absolute atomic E-state index is 0.107. The number of rotatable bonds is 7. The largest absolute Gasteiger partial charge is 0.456 e. The fourth-order valence-corrected chi connectivity index (χ4v) is 14.4. The Morgan fingerprint density at radius 2 is 1.25 bits per heavy atom. The Balaban J connectivity index is 1.18. The molecule has 0 saturated heterocycles. The molecule has 0 bridgehead atoms. The van der Waals surface area contributed by atoms with E-state index in [1.807, 2.05) is 0 Å². The summed E-state index contributed by atoms with van der Waals surface area (Å²) in [5.74, 6) is 1.84. The number of hydrogen-bond acceptors (Lipinski definition) is 1. The highest BCUT2D eigenvalue weighted by atomic mass is 28.3. The normalized spacial score (nSPS) is 15.5. The third-order valence-electron chi connectivity index (χ3n) is 15.9. The van der Waals surface area contributed by atoms with E-state index in [0.29, 0.717) is 5.92 Å². The lowest BCUT2D eigenvalue weighted by atomic mass is 9.77. The van der Waals surface area contributed by atoms with Crippen LogP contribution in [-0.2, 0) is 12.8 Å². The van der Waals surface area contributed by atoms with Crippen molar-refractivity contribution in [3.05, 3.63) is 224 Å². The molecule has 2 unspecified atom stereocenters. The lowest BCUT2D eigenvalue weighted by molar-refractivity contribution is -0.719. The fourth-order valence-electron chi connectivity index (χ4n) is 12.7. The minimum Gasteiger partial charge on any atom is -0.456 e. The van der Waals surface area contributed by atoms with Crippen molar-refractivity contribution in [2.24, 2.45) is 5.92 Å². The van der Waals surface area contributed by atoms with Gasteiger partial charge < -0.3 is 4.42 Å². The summed E-state index contributed by atoms with van der Waals surface area (Å²) in [5.41, 5.74) is 21.2. The number of benzene rings is 8. The summed E-state index contributed by atoms with van der Waals surface area (Å²) in [6.07, 6.45) is 6.17. The number of hydrogen-bond donors (Lipinski definition) is 0. The SMILES string of the molecule is C=C1CC2C(CCc3c(cc(-c4ccccc4)c4c3oc3ccccc34)-c3n(-c4c(-c5ccccc5)cccc4-c4ccccc4)c4ccccc4[n+]31)c1ccccc1-c1cc(CC(C)C)c([Si](C)(C)C)c[n+]12. The number of imidazole rings is 1. The van der Waals surface area contributed by atoms with E-state index >= 15 is 0 Å². The van der Waals surface area contributed by atoms with Crippen LogP contribution in [0.25, 0.3) is 100 Å². The molecule has 11 aromatic rings. The van der Waals surface area contributed by atoms with E-state index in [4.69, 9.17) is 11.0 Å². The molecule has 3 aromatic heterocycles. The van der Waals surface area contributed by atoms with Crippen molar-refractivity contribution in [1.82, 2.24) is 4.57 Å². The van der Waals surface area contributed by atoms with Crippen molar-refractivity contribution in [3.8, 4) is 61.7 Å². The second-order valence-electron chi connectivity index (χ2n) is 22.0. The maximum Gasteiger partial charge on any atom is 0.300 e. The molecule has 8 aromatic carbocycles. The molecule has 5 heteroatoms. The van der Waals surface area contributed by atoms with Crippen molar-refractivity contribution in [2.45, 2.75) is 71.1 Å². The zero-order valence-electron chi connectivity index (χ0n) is 42.6. The zero-order valence-corrected chi connectivity index (χ0v) is 43.6. The standard InChI is InChI=1S/C68H61N3OSi/c1-44(2)39-49-41-62-53-30-17-16-29-52(53)54-37-38-55-58(42-57(48-27-14-9-15-28-48)65-56-31-18-21-36-63(56)72-67(55)65)68-70(45(3)40-61(54)69(62)43-64(49)73(4,5)6)59-34-19-20-35-60(59)71(68)66-50(46-23-10-7-11-24-46)32-22-33-51(66)47-25-12-8-13-26-47/h7-36,41-44,54,61H,3,37-40H2,1-2,4-6H3/q+2. The molecule has 0 fully saturated rings. The molecule has 2 aliphatic heterocycles. The van der Waals surface area contributed by atoms with Gasteiger partial charge in [-0.3, -0.25) is 0 Å². The van der Waals surface area contributed by atoms with E-state index in [1.165, 1.54) is 27.9 Å². The minimum atomic E-state index is -1.80. The molecule has 13 rings (SSSR count). The van der Waals surface area contributed by atoms with Crippen molar-refractivity contribution in [1.29, 1.82) is 0 Å². The first-order chi connectivity index (χ1) is 35.6. The maximum absolute atomic E-state index is 7.35. The Morgan fingerprint density at radius 1 is 0.644 bits per heavy atom. The number of allylic oxidation sites excluding steroid dienone is 1. The molecular weight excluding hydrogens is 903 g/mol. The average molecular weight is 964 g/mol. The number of para-hydroxylation sites is 4. The summed E-state index contributed by atoms with van der Waals surface area (Å²) in [5, 5.41) is 3.86. The van der Waals surface area contributed by atoms with Crippen LogP contribution < -0.4 is 14.3 Å². The Kier molecular flexibility index (Phi) is 10.9. The van der Waals surface area contributed by atoms with Crippen molar-refractivity contribution < 1.29 is 13.6 Å². The smallest absolute Gasteiger partial charge is 0.300 e. The van der Waals surface area contributed by atoms with Gasteiger partial charge in [0.2, 0.25) is 5.69 Å². The van der Waals surface area contributed by atoms with Crippen molar-refractivity contribution >= 4 is 51.9 Å². The third kappa shape index (κ3) is 7.46. The van der Waals surface area contributed by atoms with Crippen LogP contribution in [-0.4, -0.2) is 12.6 Å². The first-order valence-corrected chi connectivity index (χ1v) is 29.8. The summed E-state index contributed by atoms with van der Waals surface area (Å²) in [4.78, 5) is 0. The highest BCUT2D eigenvalue weighted by molar-refractivity contribution is 6.89. The third-order valence-corrected chi connectivity index (χ3v) is 17.9. The van der Waals surface area contributed by atoms with Gasteiger partial charge in [-0.15, -0.1) is 0 Å². The van der Waals surface area contributed by atoms with Crippen LogP contribution in [0.2, 0.25) is 19.6 Å². The number of nitrogens with zero attached hydrogens (tertiary/aromatic N) is 3. The highest BCUT2D eigenvalue weighted by Gasteiger charge is 2.45. The first kappa shape index (κ1) is 45.0. The van der Waals surface area contributed by atoms with Crippen LogP contribution in [0.15, 0.2) is 211 Å². The number of fused-ring (bicyclic) bond motifs is 15. The van der Waals surface area contributed by atoms with Gasteiger partial charge in [0, 0.05) is 50.2 Å². The van der Waals surface area contributed by atoms with Gasteiger partial charge in [0.15, 0.2) is 23.3 Å². The predicted molar refractivity (Wildman–Crippen MR) is 306 cm³/mol.